The van der Waals surface area contributed by atoms with Crippen molar-refractivity contribution in [2.45, 2.75) is 44.7 Å². The van der Waals surface area contributed by atoms with Crippen molar-refractivity contribution in [3.05, 3.63) is 94.0 Å². The van der Waals surface area contributed by atoms with Crippen LogP contribution in [-0.2, 0) is 26.2 Å². The Hall–Kier alpha value is -3.07. The van der Waals surface area contributed by atoms with Gasteiger partial charge in [0.25, 0.3) is 10.0 Å². The number of anilines is 1. The van der Waals surface area contributed by atoms with Crippen LogP contribution in [0, 0.1) is 6.92 Å². The number of aryl methyl sites for hydroxylation is 1. The van der Waals surface area contributed by atoms with E-state index >= 15 is 0 Å². The molecule has 7 nitrogen and oxygen atoms in total. The summed E-state index contributed by atoms with van der Waals surface area (Å²) in [5.74, 6) is -0.838. The largest absolute Gasteiger partial charge is 0.355 e. The number of sulfonamides is 1. The predicted molar refractivity (Wildman–Crippen MR) is 152 cm³/mol. The van der Waals surface area contributed by atoms with Gasteiger partial charge in [0.1, 0.15) is 12.6 Å². The first-order valence-corrected chi connectivity index (χ1v) is 14.4. The molecule has 0 heterocycles. The number of rotatable bonds is 11. The molecule has 38 heavy (non-hydrogen) atoms. The van der Waals surface area contributed by atoms with E-state index in [1.54, 1.807) is 19.1 Å². The summed E-state index contributed by atoms with van der Waals surface area (Å²) in [6.07, 6.45) is 0.349. The number of nitrogens with zero attached hydrogens (tertiary/aromatic N) is 2. The fourth-order valence-electron chi connectivity index (χ4n) is 4.00. The summed E-state index contributed by atoms with van der Waals surface area (Å²) >= 11 is 12.3. The van der Waals surface area contributed by atoms with Crippen LogP contribution in [0.5, 0.6) is 0 Å². The average molecular weight is 577 g/mol. The quantitative estimate of drug-likeness (QED) is 0.330. The minimum atomic E-state index is -4.18. The van der Waals surface area contributed by atoms with Crippen LogP contribution in [0.3, 0.4) is 0 Å². The Labute approximate surface area is 234 Å². The topological polar surface area (TPSA) is 86.8 Å². The summed E-state index contributed by atoms with van der Waals surface area (Å²) in [6, 6.07) is 19.2. The van der Waals surface area contributed by atoms with Crippen molar-refractivity contribution < 1.29 is 18.0 Å². The lowest BCUT2D eigenvalue weighted by atomic mass is 10.1. The van der Waals surface area contributed by atoms with Crippen molar-refractivity contribution in [2.24, 2.45) is 0 Å². The third kappa shape index (κ3) is 7.07. The Balaban J connectivity index is 2.07. The van der Waals surface area contributed by atoms with E-state index in [4.69, 9.17) is 23.2 Å². The molecule has 3 aromatic rings. The number of amides is 2. The van der Waals surface area contributed by atoms with Gasteiger partial charge in [0.15, 0.2) is 0 Å². The van der Waals surface area contributed by atoms with Crippen LogP contribution < -0.4 is 9.62 Å². The molecule has 0 saturated carbocycles. The van der Waals surface area contributed by atoms with Crippen LogP contribution in [0.4, 0.5) is 5.69 Å². The number of likely N-dealkylation sites (N-methyl/N-ethyl adjacent to an activating group) is 1. The van der Waals surface area contributed by atoms with Gasteiger partial charge >= 0.3 is 0 Å². The molecule has 3 rings (SSSR count). The van der Waals surface area contributed by atoms with E-state index < -0.39 is 28.5 Å². The van der Waals surface area contributed by atoms with Crippen molar-refractivity contribution in [3.63, 3.8) is 0 Å². The van der Waals surface area contributed by atoms with E-state index in [-0.39, 0.29) is 33.1 Å². The fraction of sp³-hybridized carbons (Fsp3) is 0.286. The second-order valence-electron chi connectivity index (χ2n) is 8.75. The third-order valence-corrected chi connectivity index (χ3v) is 8.54. The van der Waals surface area contributed by atoms with Crippen LogP contribution in [0.25, 0.3) is 0 Å². The first-order valence-electron chi connectivity index (χ1n) is 12.2. The van der Waals surface area contributed by atoms with Crippen LogP contribution in [-0.4, -0.2) is 44.3 Å². The van der Waals surface area contributed by atoms with Crippen LogP contribution in [0.1, 0.15) is 31.4 Å². The number of hydrogen-bond acceptors (Lipinski definition) is 4. The molecule has 3 aromatic carbocycles. The highest BCUT2D eigenvalue weighted by molar-refractivity contribution is 7.92. The van der Waals surface area contributed by atoms with Crippen LogP contribution >= 0.6 is 23.2 Å². The maximum atomic E-state index is 13.9. The van der Waals surface area contributed by atoms with Gasteiger partial charge in [-0.2, -0.15) is 0 Å². The Morgan fingerprint density at radius 1 is 0.921 bits per heavy atom. The second-order valence-corrected chi connectivity index (χ2v) is 11.4. The summed E-state index contributed by atoms with van der Waals surface area (Å²) < 4.78 is 28.7. The molecule has 202 valence electrons. The monoisotopic (exact) mass is 575 g/mol. The minimum Gasteiger partial charge on any atom is -0.355 e. The maximum absolute atomic E-state index is 13.9. The van der Waals surface area contributed by atoms with Gasteiger partial charge in [-0.05, 0) is 56.2 Å². The molecule has 0 saturated heterocycles. The highest BCUT2D eigenvalue weighted by atomic mass is 35.5. The van der Waals surface area contributed by atoms with Crippen molar-refractivity contribution in [2.75, 3.05) is 17.4 Å². The Kier molecular flexibility index (Phi) is 10.2. The fourth-order valence-corrected chi connectivity index (χ4v) is 5.70. The second kappa shape index (κ2) is 13.1. The molecular weight excluding hydrogens is 545 g/mol. The van der Waals surface area contributed by atoms with Gasteiger partial charge in [0, 0.05) is 13.1 Å². The van der Waals surface area contributed by atoms with Crippen molar-refractivity contribution in [1.29, 1.82) is 0 Å². The van der Waals surface area contributed by atoms with Crippen LogP contribution in [0.15, 0.2) is 77.7 Å². The van der Waals surface area contributed by atoms with Gasteiger partial charge in [0.2, 0.25) is 11.8 Å². The first kappa shape index (κ1) is 29.5. The van der Waals surface area contributed by atoms with E-state index in [9.17, 15) is 18.0 Å². The molecule has 0 aliphatic rings. The molecular formula is C28H31Cl2N3O4S. The molecule has 1 atom stereocenters. The summed E-state index contributed by atoms with van der Waals surface area (Å²) in [5.41, 5.74) is 1.88. The maximum Gasteiger partial charge on any atom is 0.264 e. The average Bonchev–Trinajstić information content (AvgIpc) is 2.89. The van der Waals surface area contributed by atoms with E-state index in [1.165, 1.54) is 35.2 Å². The highest BCUT2D eigenvalue weighted by Gasteiger charge is 2.33. The predicted octanol–water partition coefficient (Wildman–Crippen LogP) is 5.44. The first-order chi connectivity index (χ1) is 18.1. The molecule has 2 amide bonds. The standard InChI is InChI=1S/C28H31Cl2N3O4S/c1-4-26(28(35)31-5-2)32(18-21-9-7-6-8-10-21)27(34)19-33(22-13-16-24(29)25(30)17-22)38(36,37)23-14-11-20(3)12-15-23/h6-17,26H,4-5,18-19H2,1-3H3,(H,31,35)/t26-/m0/s1. The molecule has 0 unspecified atom stereocenters. The summed E-state index contributed by atoms with van der Waals surface area (Å²) in [7, 11) is -4.18. The van der Waals surface area contributed by atoms with Crippen molar-refractivity contribution in [3.8, 4) is 0 Å². The van der Waals surface area contributed by atoms with Crippen LogP contribution in [0.2, 0.25) is 10.0 Å². The van der Waals surface area contributed by atoms with E-state index in [2.05, 4.69) is 5.32 Å². The molecule has 10 heteroatoms. The molecule has 0 bridgehead atoms. The SMILES string of the molecule is CCNC(=O)[C@H](CC)N(Cc1ccccc1)C(=O)CN(c1ccc(Cl)c(Cl)c1)S(=O)(=O)c1ccc(C)cc1. The number of hydrogen-bond donors (Lipinski definition) is 1. The summed E-state index contributed by atoms with van der Waals surface area (Å²) in [6.45, 7) is 5.45. The molecule has 0 aliphatic carbocycles. The normalized spacial score (nSPS) is 12.0. The van der Waals surface area contributed by atoms with Crippen molar-refractivity contribution in [1.82, 2.24) is 10.2 Å². The lowest BCUT2D eigenvalue weighted by Gasteiger charge is -2.33. The third-order valence-electron chi connectivity index (χ3n) is 6.01. The highest BCUT2D eigenvalue weighted by Crippen LogP contribution is 2.31. The molecule has 1 N–H and O–H groups in total. The molecule has 0 radical (unpaired) electrons. The van der Waals surface area contributed by atoms with Gasteiger partial charge < -0.3 is 10.2 Å². The van der Waals surface area contributed by atoms with Crippen molar-refractivity contribution >= 4 is 50.7 Å². The van der Waals surface area contributed by atoms with E-state index in [0.717, 1.165) is 15.4 Å². The molecule has 0 fully saturated rings. The Morgan fingerprint density at radius 2 is 1.58 bits per heavy atom. The Morgan fingerprint density at radius 3 is 2.16 bits per heavy atom. The van der Waals surface area contributed by atoms with Gasteiger partial charge in [-0.25, -0.2) is 8.42 Å². The number of carbonyl (C=O) groups excluding carboxylic acids is 2. The lowest BCUT2D eigenvalue weighted by molar-refractivity contribution is -0.140. The van der Waals surface area contributed by atoms with Gasteiger partial charge in [-0.15, -0.1) is 0 Å². The zero-order valence-corrected chi connectivity index (χ0v) is 23.9. The van der Waals surface area contributed by atoms with Gasteiger partial charge in [-0.3, -0.25) is 13.9 Å². The zero-order chi connectivity index (χ0) is 27.9. The van der Waals surface area contributed by atoms with Gasteiger partial charge in [0.05, 0.1) is 20.6 Å². The summed E-state index contributed by atoms with van der Waals surface area (Å²) in [4.78, 5) is 28.3. The number of benzene rings is 3. The number of carbonyl (C=O) groups is 2. The zero-order valence-electron chi connectivity index (χ0n) is 21.5. The molecule has 0 aliphatic heterocycles. The van der Waals surface area contributed by atoms with E-state index in [1.807, 2.05) is 44.2 Å². The minimum absolute atomic E-state index is 0.0207. The molecule has 0 spiro atoms. The summed E-state index contributed by atoms with van der Waals surface area (Å²) in [5, 5.41) is 3.18. The Bertz CT molecular complexity index is 1370. The number of halogens is 2. The lowest BCUT2D eigenvalue weighted by Crippen LogP contribution is -2.52. The smallest absolute Gasteiger partial charge is 0.264 e. The van der Waals surface area contributed by atoms with Gasteiger partial charge in [-0.1, -0.05) is 78.2 Å². The van der Waals surface area contributed by atoms with E-state index in [0.29, 0.717) is 13.0 Å². The number of nitrogens with one attached hydrogen (secondary N) is 1. The molecule has 0 aromatic heterocycles.